The van der Waals surface area contributed by atoms with Crippen LogP contribution >= 0.6 is 0 Å². The summed E-state index contributed by atoms with van der Waals surface area (Å²) in [6.45, 7) is 1.83. The van der Waals surface area contributed by atoms with E-state index < -0.39 is 18.5 Å². The van der Waals surface area contributed by atoms with Crippen LogP contribution in [-0.2, 0) is 9.47 Å². The topological polar surface area (TPSA) is 58.9 Å². The fourth-order valence-corrected chi connectivity index (χ4v) is 1.22. The molecule has 1 aliphatic heterocycles. The Bertz CT molecular complexity index is 128. The van der Waals surface area contributed by atoms with Crippen LogP contribution in [-0.4, -0.2) is 41.9 Å². The fourth-order valence-electron chi connectivity index (χ4n) is 1.22. The van der Waals surface area contributed by atoms with Crippen LogP contribution in [0.5, 0.6) is 0 Å². The predicted octanol–water partition coefficient (Wildman–Crippen LogP) is -0.510. The van der Waals surface area contributed by atoms with Crippen LogP contribution in [0.3, 0.4) is 0 Å². The summed E-state index contributed by atoms with van der Waals surface area (Å²) >= 11 is 0. The van der Waals surface area contributed by atoms with Gasteiger partial charge in [-0.15, -0.1) is 0 Å². The summed E-state index contributed by atoms with van der Waals surface area (Å²) in [5, 5.41) is 18.5. The second-order valence-electron chi connectivity index (χ2n) is 2.84. The first-order chi connectivity index (χ1) is 5.15. The zero-order valence-electron chi connectivity index (χ0n) is 6.73. The number of ether oxygens (including phenoxy) is 2. The number of aliphatic hydroxyl groups is 2. The van der Waals surface area contributed by atoms with Gasteiger partial charge < -0.3 is 19.7 Å². The molecule has 1 saturated heterocycles. The fraction of sp³-hybridized carbons (Fsp3) is 1.00. The van der Waals surface area contributed by atoms with E-state index in [9.17, 15) is 10.2 Å². The standard InChI is InChI=1S/C7H14O4/c1-4-3-5(8)6(9)7(10-2)11-4/h4-9H,3H2,1-2H3/t4?,5-,6?,7-/m0/s1. The zero-order chi connectivity index (χ0) is 8.43. The van der Waals surface area contributed by atoms with Crippen molar-refractivity contribution in [3.63, 3.8) is 0 Å². The van der Waals surface area contributed by atoms with Gasteiger partial charge in [0.1, 0.15) is 6.10 Å². The van der Waals surface area contributed by atoms with E-state index in [1.54, 1.807) is 0 Å². The molecule has 0 saturated carbocycles. The molecule has 0 spiro atoms. The Morgan fingerprint density at radius 3 is 2.64 bits per heavy atom. The molecule has 0 amide bonds. The van der Waals surface area contributed by atoms with Crippen molar-refractivity contribution in [3.8, 4) is 0 Å². The van der Waals surface area contributed by atoms with Crippen LogP contribution in [0, 0.1) is 0 Å². The lowest BCUT2D eigenvalue weighted by Gasteiger charge is -2.34. The highest BCUT2D eigenvalue weighted by atomic mass is 16.7. The van der Waals surface area contributed by atoms with Gasteiger partial charge in [-0.1, -0.05) is 0 Å². The van der Waals surface area contributed by atoms with Gasteiger partial charge >= 0.3 is 0 Å². The number of rotatable bonds is 1. The van der Waals surface area contributed by atoms with E-state index >= 15 is 0 Å². The molecule has 2 unspecified atom stereocenters. The minimum absolute atomic E-state index is 0.0571. The first-order valence-corrected chi connectivity index (χ1v) is 3.69. The monoisotopic (exact) mass is 162 g/mol. The maximum absolute atomic E-state index is 9.26. The van der Waals surface area contributed by atoms with E-state index in [1.165, 1.54) is 7.11 Å². The molecule has 4 nitrogen and oxygen atoms in total. The lowest BCUT2D eigenvalue weighted by molar-refractivity contribution is -0.254. The molecule has 0 radical (unpaired) electrons. The van der Waals surface area contributed by atoms with Gasteiger partial charge in [-0.3, -0.25) is 0 Å². The highest BCUT2D eigenvalue weighted by Gasteiger charge is 2.34. The molecule has 0 aromatic rings. The van der Waals surface area contributed by atoms with Crippen molar-refractivity contribution < 1.29 is 19.7 Å². The number of aliphatic hydroxyl groups excluding tert-OH is 2. The van der Waals surface area contributed by atoms with Crippen molar-refractivity contribution in [1.29, 1.82) is 0 Å². The Labute approximate surface area is 65.7 Å². The van der Waals surface area contributed by atoms with Gasteiger partial charge in [0.15, 0.2) is 6.29 Å². The first kappa shape index (κ1) is 8.93. The summed E-state index contributed by atoms with van der Waals surface area (Å²) in [5.41, 5.74) is 0. The second kappa shape index (κ2) is 3.49. The van der Waals surface area contributed by atoms with Gasteiger partial charge in [0.05, 0.1) is 12.2 Å². The molecule has 0 aromatic heterocycles. The van der Waals surface area contributed by atoms with E-state index in [-0.39, 0.29) is 6.10 Å². The van der Waals surface area contributed by atoms with Crippen LogP contribution in [0.15, 0.2) is 0 Å². The number of methoxy groups -OCH3 is 1. The molecule has 0 aromatic carbocycles. The Hall–Kier alpha value is -0.160. The lowest BCUT2D eigenvalue weighted by Crippen LogP contribution is -2.48. The summed E-state index contributed by atoms with van der Waals surface area (Å²) in [4.78, 5) is 0. The highest BCUT2D eigenvalue weighted by Crippen LogP contribution is 2.19. The maximum atomic E-state index is 9.26. The maximum Gasteiger partial charge on any atom is 0.185 e. The van der Waals surface area contributed by atoms with Crippen LogP contribution in [0.1, 0.15) is 13.3 Å². The van der Waals surface area contributed by atoms with Gasteiger partial charge in [0.2, 0.25) is 0 Å². The first-order valence-electron chi connectivity index (χ1n) is 3.69. The average Bonchev–Trinajstić information content (AvgIpc) is 1.96. The van der Waals surface area contributed by atoms with E-state index in [4.69, 9.17) is 9.47 Å². The van der Waals surface area contributed by atoms with Crippen LogP contribution in [0.25, 0.3) is 0 Å². The van der Waals surface area contributed by atoms with Gasteiger partial charge in [-0.25, -0.2) is 0 Å². The Kier molecular flexibility index (Phi) is 2.84. The Balaban J connectivity index is 2.51. The molecule has 4 heteroatoms. The lowest BCUT2D eigenvalue weighted by atomic mass is 10.0. The molecule has 2 N–H and O–H groups in total. The summed E-state index contributed by atoms with van der Waals surface area (Å²) in [6.07, 6.45) is -1.94. The largest absolute Gasteiger partial charge is 0.390 e. The Morgan fingerprint density at radius 1 is 1.45 bits per heavy atom. The number of hydrogen-bond donors (Lipinski definition) is 2. The molecule has 66 valence electrons. The minimum Gasteiger partial charge on any atom is -0.390 e. The van der Waals surface area contributed by atoms with Crippen molar-refractivity contribution >= 4 is 0 Å². The molecular formula is C7H14O4. The second-order valence-corrected chi connectivity index (χ2v) is 2.84. The van der Waals surface area contributed by atoms with Crippen LogP contribution < -0.4 is 0 Å². The summed E-state index contributed by atoms with van der Waals surface area (Å²) in [7, 11) is 1.44. The van der Waals surface area contributed by atoms with Crippen molar-refractivity contribution in [2.24, 2.45) is 0 Å². The molecule has 0 aliphatic carbocycles. The molecule has 1 heterocycles. The van der Waals surface area contributed by atoms with Gasteiger partial charge in [0, 0.05) is 13.5 Å². The molecule has 1 rings (SSSR count). The van der Waals surface area contributed by atoms with Crippen molar-refractivity contribution in [1.82, 2.24) is 0 Å². The summed E-state index contributed by atoms with van der Waals surface area (Å²) in [6, 6.07) is 0. The Morgan fingerprint density at radius 2 is 2.09 bits per heavy atom. The molecule has 11 heavy (non-hydrogen) atoms. The minimum atomic E-state index is -0.920. The quantitative estimate of drug-likeness (QED) is 0.545. The third-order valence-corrected chi connectivity index (χ3v) is 1.85. The van der Waals surface area contributed by atoms with Crippen LogP contribution in [0.4, 0.5) is 0 Å². The van der Waals surface area contributed by atoms with Crippen molar-refractivity contribution in [2.75, 3.05) is 7.11 Å². The molecule has 1 aliphatic rings. The van der Waals surface area contributed by atoms with Gasteiger partial charge in [-0.2, -0.15) is 0 Å². The molecular weight excluding hydrogens is 148 g/mol. The normalized spacial score (nSPS) is 45.8. The van der Waals surface area contributed by atoms with Gasteiger partial charge in [0.25, 0.3) is 0 Å². The van der Waals surface area contributed by atoms with E-state index in [0.29, 0.717) is 6.42 Å². The van der Waals surface area contributed by atoms with Crippen LogP contribution in [0.2, 0.25) is 0 Å². The molecule has 0 bridgehead atoms. The molecule has 4 atom stereocenters. The third-order valence-electron chi connectivity index (χ3n) is 1.85. The zero-order valence-corrected chi connectivity index (χ0v) is 6.73. The third kappa shape index (κ3) is 1.90. The van der Waals surface area contributed by atoms with E-state index in [2.05, 4.69) is 0 Å². The van der Waals surface area contributed by atoms with E-state index in [0.717, 1.165) is 0 Å². The predicted molar refractivity (Wildman–Crippen MR) is 38.0 cm³/mol. The summed E-state index contributed by atoms with van der Waals surface area (Å²) < 4.78 is 10.00. The molecule has 1 fully saturated rings. The highest BCUT2D eigenvalue weighted by molar-refractivity contribution is 4.78. The number of hydrogen-bond acceptors (Lipinski definition) is 4. The summed E-state index contributed by atoms with van der Waals surface area (Å²) in [5.74, 6) is 0. The SMILES string of the molecule is CO[C@H]1OC(C)C[C@H](O)C1O. The van der Waals surface area contributed by atoms with Gasteiger partial charge in [-0.05, 0) is 6.92 Å². The van der Waals surface area contributed by atoms with E-state index in [1.807, 2.05) is 6.92 Å². The average molecular weight is 162 g/mol. The van der Waals surface area contributed by atoms with Crippen molar-refractivity contribution in [3.05, 3.63) is 0 Å². The van der Waals surface area contributed by atoms with Crippen molar-refractivity contribution in [2.45, 2.75) is 37.9 Å². The smallest absolute Gasteiger partial charge is 0.185 e.